The molecule has 5 heteroatoms. The number of halogens is 1. The minimum absolute atomic E-state index is 0.0173. The molecule has 4 nitrogen and oxygen atoms in total. The first-order valence-corrected chi connectivity index (χ1v) is 9.71. The van der Waals surface area contributed by atoms with E-state index >= 15 is 0 Å². The summed E-state index contributed by atoms with van der Waals surface area (Å²) in [6.45, 7) is 4.29. The van der Waals surface area contributed by atoms with Gasteiger partial charge in [0.05, 0.1) is 7.11 Å². The monoisotopic (exact) mass is 385 g/mol. The van der Waals surface area contributed by atoms with Gasteiger partial charge in [0.25, 0.3) is 5.91 Å². The maximum Gasteiger partial charge on any atom is 0.254 e. The second-order valence-corrected chi connectivity index (χ2v) is 7.87. The topological polar surface area (TPSA) is 38.8 Å². The van der Waals surface area contributed by atoms with Crippen molar-refractivity contribution in [1.29, 1.82) is 0 Å². The molecule has 1 heterocycles. The van der Waals surface area contributed by atoms with Gasteiger partial charge in [0.2, 0.25) is 0 Å². The molecule has 0 N–H and O–H groups in total. The molecule has 0 radical (unpaired) electrons. The Balaban J connectivity index is 1.72. The number of hydrogen-bond donors (Lipinski definition) is 0. The fourth-order valence-corrected chi connectivity index (χ4v) is 3.51. The van der Waals surface area contributed by atoms with Crippen LogP contribution in [0.3, 0.4) is 0 Å². The molecule has 3 rings (SSSR count). The van der Waals surface area contributed by atoms with Gasteiger partial charge in [-0.05, 0) is 50.5 Å². The van der Waals surface area contributed by atoms with Crippen molar-refractivity contribution in [3.63, 3.8) is 0 Å². The summed E-state index contributed by atoms with van der Waals surface area (Å²) in [6, 6.07) is 15.4. The Hall–Kier alpha value is -2.56. The Morgan fingerprint density at radius 2 is 1.93 bits per heavy atom. The zero-order valence-electron chi connectivity index (χ0n) is 16.8. The van der Waals surface area contributed by atoms with E-state index in [-0.39, 0.29) is 12.5 Å². The number of hydrogen-bond acceptors (Lipinski definition) is 3. The van der Waals surface area contributed by atoms with Crippen molar-refractivity contribution < 1.29 is 18.7 Å². The van der Waals surface area contributed by atoms with Crippen molar-refractivity contribution in [3.8, 4) is 11.5 Å². The molecule has 0 saturated carbocycles. The maximum atomic E-state index is 13.7. The molecule has 1 unspecified atom stereocenters. The summed E-state index contributed by atoms with van der Waals surface area (Å²) >= 11 is 0. The molecule has 0 spiro atoms. The van der Waals surface area contributed by atoms with Crippen LogP contribution in [-0.2, 0) is 0 Å². The minimum atomic E-state index is -1.44. The average Bonchev–Trinajstić information content (AvgIpc) is 2.71. The Morgan fingerprint density at radius 3 is 2.61 bits per heavy atom. The van der Waals surface area contributed by atoms with Crippen molar-refractivity contribution in [1.82, 2.24) is 4.90 Å². The number of likely N-dealkylation sites (tertiary alicyclic amines) is 1. The van der Waals surface area contributed by atoms with Crippen molar-refractivity contribution in [2.45, 2.75) is 38.3 Å². The molecule has 1 aliphatic heterocycles. The van der Waals surface area contributed by atoms with Crippen LogP contribution in [-0.4, -0.2) is 43.3 Å². The smallest absolute Gasteiger partial charge is 0.254 e. The summed E-state index contributed by atoms with van der Waals surface area (Å²) in [6.07, 6.45) is 2.07. The highest BCUT2D eigenvalue weighted by molar-refractivity contribution is 5.95. The van der Waals surface area contributed by atoms with E-state index < -0.39 is 5.67 Å². The summed E-state index contributed by atoms with van der Waals surface area (Å²) < 4.78 is 24.6. The molecular weight excluding hydrogens is 357 g/mol. The third-order valence-electron chi connectivity index (χ3n) is 4.96. The quantitative estimate of drug-likeness (QED) is 0.714. The third kappa shape index (κ3) is 5.03. The highest BCUT2D eigenvalue weighted by Gasteiger charge is 2.26. The molecule has 0 bridgehead atoms. The molecule has 150 valence electrons. The van der Waals surface area contributed by atoms with E-state index in [0.717, 1.165) is 19.4 Å². The van der Waals surface area contributed by atoms with Gasteiger partial charge < -0.3 is 14.4 Å². The number of ether oxygens (including phenoxy) is 2. The zero-order chi connectivity index (χ0) is 20.1. The van der Waals surface area contributed by atoms with Gasteiger partial charge in [0, 0.05) is 24.6 Å². The van der Waals surface area contributed by atoms with Crippen LogP contribution in [0.25, 0.3) is 0 Å². The van der Waals surface area contributed by atoms with Gasteiger partial charge in [-0.15, -0.1) is 0 Å². The van der Waals surface area contributed by atoms with Crippen LogP contribution in [0.4, 0.5) is 4.39 Å². The molecule has 1 aliphatic rings. The lowest BCUT2D eigenvalue weighted by Crippen LogP contribution is -2.39. The zero-order valence-corrected chi connectivity index (χ0v) is 16.8. The summed E-state index contributed by atoms with van der Waals surface area (Å²) in [7, 11) is 1.52. The summed E-state index contributed by atoms with van der Waals surface area (Å²) in [4.78, 5) is 14.9. The largest absolute Gasteiger partial charge is 0.493 e. The van der Waals surface area contributed by atoms with Gasteiger partial charge in [0.1, 0.15) is 12.3 Å². The van der Waals surface area contributed by atoms with Crippen LogP contribution in [0.2, 0.25) is 0 Å². The van der Waals surface area contributed by atoms with E-state index in [1.165, 1.54) is 26.5 Å². The number of amides is 1. The van der Waals surface area contributed by atoms with E-state index in [4.69, 9.17) is 9.47 Å². The number of rotatable bonds is 6. The summed E-state index contributed by atoms with van der Waals surface area (Å²) in [5.74, 6) is 1.21. The first kappa shape index (κ1) is 20.2. The van der Waals surface area contributed by atoms with Crippen molar-refractivity contribution in [3.05, 3.63) is 59.7 Å². The van der Waals surface area contributed by atoms with Crippen LogP contribution in [0.1, 0.15) is 48.5 Å². The lowest BCUT2D eigenvalue weighted by Gasteiger charge is -2.33. The second kappa shape index (κ2) is 8.63. The lowest BCUT2D eigenvalue weighted by atomic mass is 9.90. The predicted octanol–water partition coefficient (Wildman–Crippen LogP) is 4.84. The molecule has 2 aromatic carbocycles. The first-order chi connectivity index (χ1) is 13.4. The van der Waals surface area contributed by atoms with Gasteiger partial charge in [-0.1, -0.05) is 30.3 Å². The molecule has 1 fully saturated rings. The van der Waals surface area contributed by atoms with Gasteiger partial charge in [-0.3, -0.25) is 4.79 Å². The predicted molar refractivity (Wildman–Crippen MR) is 108 cm³/mol. The fraction of sp³-hybridized carbons (Fsp3) is 0.435. The molecule has 0 aliphatic carbocycles. The Labute approximate surface area is 166 Å². The summed E-state index contributed by atoms with van der Waals surface area (Å²) in [5, 5.41) is 0. The van der Waals surface area contributed by atoms with Gasteiger partial charge in [-0.2, -0.15) is 0 Å². The molecule has 28 heavy (non-hydrogen) atoms. The number of carbonyl (C=O) groups excluding carboxylic acids is 1. The van der Waals surface area contributed by atoms with Crippen LogP contribution < -0.4 is 9.47 Å². The van der Waals surface area contributed by atoms with E-state index in [2.05, 4.69) is 12.1 Å². The van der Waals surface area contributed by atoms with Crippen LogP contribution in [0, 0.1) is 0 Å². The van der Waals surface area contributed by atoms with E-state index in [1.807, 2.05) is 23.1 Å². The van der Waals surface area contributed by atoms with Gasteiger partial charge >= 0.3 is 0 Å². The molecule has 1 amide bonds. The van der Waals surface area contributed by atoms with Crippen molar-refractivity contribution in [2.24, 2.45) is 0 Å². The Kier molecular flexibility index (Phi) is 6.22. The van der Waals surface area contributed by atoms with Crippen molar-refractivity contribution >= 4 is 5.91 Å². The number of benzene rings is 2. The maximum absolute atomic E-state index is 13.7. The van der Waals surface area contributed by atoms with E-state index in [0.29, 0.717) is 29.5 Å². The van der Waals surface area contributed by atoms with Crippen molar-refractivity contribution in [2.75, 3.05) is 26.8 Å². The second-order valence-electron chi connectivity index (χ2n) is 7.87. The Morgan fingerprint density at radius 1 is 1.18 bits per heavy atom. The normalized spacial score (nSPS) is 17.3. The highest BCUT2D eigenvalue weighted by Crippen LogP contribution is 2.31. The SMILES string of the molecule is COc1cc(C(=O)N2CCCC(c3ccccc3)C2)ccc1OCC(C)(C)F. The van der Waals surface area contributed by atoms with Crippen LogP contribution in [0.5, 0.6) is 11.5 Å². The molecule has 1 atom stereocenters. The number of piperidine rings is 1. The molecular formula is C23H28FNO3. The number of alkyl halides is 1. The van der Waals surface area contributed by atoms with E-state index in [9.17, 15) is 9.18 Å². The third-order valence-corrected chi connectivity index (χ3v) is 4.96. The summed E-state index contributed by atoms with van der Waals surface area (Å²) in [5.41, 5.74) is 0.382. The standard InChI is InChI=1S/C23H28FNO3/c1-23(2,24)16-28-20-12-11-18(14-21(20)27-3)22(26)25-13-7-10-19(15-25)17-8-5-4-6-9-17/h4-6,8-9,11-12,14,19H,7,10,13,15-16H2,1-3H3. The molecule has 0 aromatic heterocycles. The van der Waals surface area contributed by atoms with Crippen LogP contribution >= 0.6 is 0 Å². The van der Waals surface area contributed by atoms with Crippen LogP contribution in [0.15, 0.2) is 48.5 Å². The first-order valence-electron chi connectivity index (χ1n) is 9.71. The minimum Gasteiger partial charge on any atom is -0.493 e. The highest BCUT2D eigenvalue weighted by atomic mass is 19.1. The Bertz CT molecular complexity index is 801. The number of methoxy groups -OCH3 is 1. The number of nitrogens with zero attached hydrogens (tertiary/aromatic N) is 1. The average molecular weight is 385 g/mol. The molecule has 1 saturated heterocycles. The van der Waals surface area contributed by atoms with Gasteiger partial charge in [-0.25, -0.2) is 4.39 Å². The fourth-order valence-electron chi connectivity index (χ4n) is 3.51. The van der Waals surface area contributed by atoms with Gasteiger partial charge in [0.15, 0.2) is 11.5 Å². The van der Waals surface area contributed by atoms with E-state index in [1.54, 1.807) is 18.2 Å². The number of carbonyl (C=O) groups is 1. The molecule has 2 aromatic rings. The lowest BCUT2D eigenvalue weighted by molar-refractivity contribution is 0.0706.